The highest BCUT2D eigenvalue weighted by atomic mass is 32.1. The number of rotatable bonds is 8. The highest BCUT2D eigenvalue weighted by Crippen LogP contribution is 2.56. The monoisotopic (exact) mass is 1170 g/mol. The Kier molecular flexibility index (Phi) is 11.1. The Hall–Kier alpha value is -11.0. The molecule has 0 N–H and O–H groups in total. The predicted octanol–water partition coefficient (Wildman–Crippen LogP) is 22.9. The fourth-order valence-corrected chi connectivity index (χ4v) is 17.0. The smallest absolute Gasteiger partial charge is 0.160 e. The summed E-state index contributed by atoms with van der Waals surface area (Å²) in [5.74, 6) is 0.478. The maximum atomic E-state index is 5.68. The van der Waals surface area contributed by atoms with Gasteiger partial charge in [-0.15, -0.1) is 22.7 Å². The van der Waals surface area contributed by atoms with Crippen molar-refractivity contribution >= 4 is 107 Å². The van der Waals surface area contributed by atoms with E-state index in [0.29, 0.717) is 5.82 Å². The van der Waals surface area contributed by atoms with Crippen LogP contribution in [0.1, 0.15) is 22.6 Å². The summed E-state index contributed by atoms with van der Waals surface area (Å²) >= 11 is 3.67. The highest BCUT2D eigenvalue weighted by Gasteiger charge is 2.37. The standard InChI is InChI=1S/C83H50N4S2/c1-3-20-50(21-4-1)66-44-54(83-84-69(52-38-41-62-60-28-11-17-36-76(60)88-78(62)46-52)49-70(85-83)53-39-42-63-61-29-12-18-37-77(61)89-79(63)47-53)45-67(51-22-5-2-6-23-51)82(66)81-64-43-40-55(86-71-31-13-7-24-56(71)57-25-8-14-32-72(57)86)48-68(64)80-65(81)30-19-35-75(80)87-73-33-15-9-26-58(73)59-27-10-16-34-74(59)87/h1-49,81H. The van der Waals surface area contributed by atoms with E-state index in [4.69, 9.17) is 9.97 Å². The van der Waals surface area contributed by atoms with Gasteiger partial charge in [-0.25, -0.2) is 9.97 Å². The van der Waals surface area contributed by atoms with Crippen LogP contribution in [0.5, 0.6) is 0 Å². The second kappa shape index (κ2) is 19.8. The minimum absolute atomic E-state index is 0.191. The van der Waals surface area contributed by atoms with Crippen LogP contribution in [0, 0.1) is 0 Å². The molecule has 1 aliphatic rings. The predicted molar refractivity (Wildman–Crippen MR) is 376 cm³/mol. The van der Waals surface area contributed by atoms with Crippen molar-refractivity contribution < 1.29 is 0 Å². The summed E-state index contributed by atoms with van der Waals surface area (Å²) in [7, 11) is 0. The van der Waals surface area contributed by atoms with Crippen molar-refractivity contribution in [1.82, 2.24) is 19.1 Å². The Morgan fingerprint density at radius 1 is 0.281 bits per heavy atom. The van der Waals surface area contributed by atoms with Gasteiger partial charge in [0, 0.05) is 95.7 Å². The Morgan fingerprint density at radius 2 is 0.730 bits per heavy atom. The van der Waals surface area contributed by atoms with E-state index in [2.05, 4.69) is 306 Å². The van der Waals surface area contributed by atoms with Gasteiger partial charge in [-0.2, -0.15) is 0 Å². The van der Waals surface area contributed by atoms with Gasteiger partial charge in [0.05, 0.1) is 39.1 Å². The number of thiophene rings is 2. The van der Waals surface area contributed by atoms with Crippen LogP contribution in [-0.4, -0.2) is 19.1 Å². The largest absolute Gasteiger partial charge is 0.309 e. The zero-order chi connectivity index (χ0) is 58.3. The van der Waals surface area contributed by atoms with Crippen molar-refractivity contribution in [2.75, 3.05) is 0 Å². The Bertz CT molecular complexity index is 5640. The number of hydrogen-bond donors (Lipinski definition) is 0. The first-order valence-corrected chi connectivity index (χ1v) is 32.0. The first kappa shape index (κ1) is 50.2. The zero-order valence-electron chi connectivity index (χ0n) is 48.0. The second-order valence-corrected chi connectivity index (χ2v) is 25.7. The van der Waals surface area contributed by atoms with Crippen LogP contribution in [-0.2, 0) is 0 Å². The van der Waals surface area contributed by atoms with Crippen molar-refractivity contribution in [3.8, 4) is 78.7 Å². The van der Waals surface area contributed by atoms with E-state index < -0.39 is 0 Å². The number of benzene rings is 13. The molecule has 1 aliphatic carbocycles. The van der Waals surface area contributed by atoms with Crippen LogP contribution in [0.2, 0.25) is 0 Å². The molecular formula is C83H50N4S2. The minimum Gasteiger partial charge on any atom is -0.309 e. The Morgan fingerprint density at radius 3 is 1.25 bits per heavy atom. The molecule has 0 aliphatic heterocycles. The maximum absolute atomic E-state index is 5.68. The molecule has 1 atom stereocenters. The molecule has 414 valence electrons. The molecule has 0 amide bonds. The number of aromatic nitrogens is 4. The van der Waals surface area contributed by atoms with Crippen molar-refractivity contribution in [2.45, 2.75) is 5.92 Å². The third-order valence-corrected chi connectivity index (χ3v) is 20.9. The molecule has 0 radical (unpaired) electrons. The summed E-state index contributed by atoms with van der Waals surface area (Å²) in [5, 5.41) is 10.0. The van der Waals surface area contributed by atoms with E-state index in [1.54, 1.807) is 0 Å². The normalized spacial score (nSPS) is 13.1. The van der Waals surface area contributed by atoms with E-state index in [0.717, 1.165) is 61.7 Å². The van der Waals surface area contributed by atoms with Crippen LogP contribution in [0.4, 0.5) is 0 Å². The lowest BCUT2D eigenvalue weighted by Crippen LogP contribution is -2.07. The van der Waals surface area contributed by atoms with E-state index in [-0.39, 0.29) is 5.92 Å². The molecule has 18 aromatic rings. The van der Waals surface area contributed by atoms with E-state index >= 15 is 0 Å². The summed E-state index contributed by atoms with van der Waals surface area (Å²) in [4.78, 5) is 11.4. The molecule has 5 heterocycles. The van der Waals surface area contributed by atoms with Crippen LogP contribution >= 0.6 is 22.7 Å². The lowest BCUT2D eigenvalue weighted by Gasteiger charge is -2.25. The first-order chi connectivity index (χ1) is 44.1. The van der Waals surface area contributed by atoms with Crippen molar-refractivity contribution in [3.63, 3.8) is 0 Å². The van der Waals surface area contributed by atoms with Crippen LogP contribution in [0.25, 0.3) is 163 Å². The second-order valence-electron chi connectivity index (χ2n) is 23.5. The fraction of sp³-hybridized carbons (Fsp3) is 0.0120. The molecule has 89 heavy (non-hydrogen) atoms. The van der Waals surface area contributed by atoms with Gasteiger partial charge in [-0.05, 0) is 129 Å². The third kappa shape index (κ3) is 7.77. The van der Waals surface area contributed by atoms with E-state index in [9.17, 15) is 0 Å². The molecule has 0 spiro atoms. The highest BCUT2D eigenvalue weighted by molar-refractivity contribution is 7.26. The zero-order valence-corrected chi connectivity index (χ0v) is 49.6. The van der Waals surface area contributed by atoms with Gasteiger partial charge in [0.25, 0.3) is 0 Å². The van der Waals surface area contributed by atoms with E-state index in [1.165, 1.54) is 112 Å². The summed E-state index contributed by atoms with van der Waals surface area (Å²) in [6.07, 6.45) is 0. The summed E-state index contributed by atoms with van der Waals surface area (Å²) < 4.78 is 10.0. The molecule has 0 bridgehead atoms. The SMILES string of the molecule is c1ccc(-c2cc(-c3nc(-c4ccc5c(c4)sc4ccccc45)cc(-c4ccc5c(c4)sc4ccccc45)n3)cc(-c3ccccc3)c2C2c3ccc(-n4c5ccccc5c5ccccc54)cc3-c3c2cccc3-n2c3ccccc3c3ccccc32)cc1. The molecule has 13 aromatic carbocycles. The number of para-hydroxylation sites is 4. The van der Waals surface area contributed by atoms with Crippen molar-refractivity contribution in [2.24, 2.45) is 0 Å². The topological polar surface area (TPSA) is 35.6 Å². The molecule has 0 saturated heterocycles. The molecule has 6 heteroatoms. The third-order valence-electron chi connectivity index (χ3n) is 18.6. The molecule has 19 rings (SSSR count). The van der Waals surface area contributed by atoms with Crippen LogP contribution < -0.4 is 0 Å². The lowest BCUT2D eigenvalue weighted by molar-refractivity contribution is 1.01. The quantitative estimate of drug-likeness (QED) is 0.152. The molecule has 1 unspecified atom stereocenters. The maximum Gasteiger partial charge on any atom is 0.160 e. The molecule has 5 aromatic heterocycles. The lowest BCUT2D eigenvalue weighted by atomic mass is 9.79. The van der Waals surface area contributed by atoms with Gasteiger partial charge < -0.3 is 9.13 Å². The average Bonchev–Trinajstić information content (AvgIpc) is 2.59. The van der Waals surface area contributed by atoms with Crippen molar-refractivity contribution in [1.29, 1.82) is 0 Å². The van der Waals surface area contributed by atoms with E-state index in [1.807, 2.05) is 22.7 Å². The fourth-order valence-electron chi connectivity index (χ4n) is 14.7. The summed E-state index contributed by atoms with van der Waals surface area (Å²) in [6.45, 7) is 0. The first-order valence-electron chi connectivity index (χ1n) is 30.4. The van der Waals surface area contributed by atoms with Gasteiger partial charge in [-0.1, -0.05) is 212 Å². The molecule has 0 saturated carbocycles. The number of hydrogen-bond acceptors (Lipinski definition) is 4. The number of nitrogens with zero attached hydrogens (tertiary/aromatic N) is 4. The summed E-state index contributed by atoms with van der Waals surface area (Å²) in [5.41, 5.74) is 22.5. The molecule has 4 nitrogen and oxygen atoms in total. The Labute approximate surface area is 520 Å². The Balaban J connectivity index is 0.885. The van der Waals surface area contributed by atoms with Crippen LogP contribution in [0.3, 0.4) is 0 Å². The van der Waals surface area contributed by atoms with Crippen LogP contribution in [0.15, 0.2) is 297 Å². The van der Waals surface area contributed by atoms with Gasteiger partial charge in [-0.3, -0.25) is 0 Å². The minimum atomic E-state index is -0.191. The molecule has 0 fully saturated rings. The van der Waals surface area contributed by atoms with Gasteiger partial charge in [0.2, 0.25) is 0 Å². The average molecular weight is 1170 g/mol. The van der Waals surface area contributed by atoms with Gasteiger partial charge in [0.1, 0.15) is 0 Å². The van der Waals surface area contributed by atoms with Gasteiger partial charge >= 0.3 is 0 Å². The molecular weight excluding hydrogens is 1120 g/mol. The number of fused-ring (bicyclic) bond motifs is 15. The summed E-state index contributed by atoms with van der Waals surface area (Å²) in [6, 6.07) is 110. The van der Waals surface area contributed by atoms with Gasteiger partial charge in [0.15, 0.2) is 5.82 Å². The van der Waals surface area contributed by atoms with Crippen molar-refractivity contribution in [3.05, 3.63) is 314 Å².